The van der Waals surface area contributed by atoms with E-state index in [1.54, 1.807) is 6.92 Å². The van der Waals surface area contributed by atoms with Crippen LogP contribution in [0, 0.1) is 6.92 Å². The molecule has 4 nitrogen and oxygen atoms in total. The Hall–Kier alpha value is -2.62. The van der Waals surface area contributed by atoms with Gasteiger partial charge in [0.05, 0.1) is 11.1 Å². The lowest BCUT2D eigenvalue weighted by atomic mass is 10.0. The molecular weight excluding hydrogens is 268 g/mol. The topological polar surface area (TPSA) is 63.6 Å². The predicted molar refractivity (Wildman–Crippen MR) is 78.9 cm³/mol. The van der Waals surface area contributed by atoms with E-state index in [9.17, 15) is 9.59 Å². The highest BCUT2D eigenvalue weighted by molar-refractivity contribution is 6.00. The Morgan fingerprint density at radius 1 is 1.14 bits per heavy atom. The lowest BCUT2D eigenvalue weighted by Crippen LogP contribution is -2.07. The zero-order valence-corrected chi connectivity index (χ0v) is 11.9. The highest BCUT2D eigenvalue weighted by atomic mass is 16.5. The minimum absolute atomic E-state index is 0.112. The van der Waals surface area contributed by atoms with Crippen molar-refractivity contribution in [1.82, 2.24) is 0 Å². The number of hydrogen-bond acceptors (Lipinski definition) is 3. The number of carbonyl (C=O) groups excluding carboxylic acids is 1. The normalized spacial score (nSPS) is 10.2. The molecule has 2 aromatic rings. The van der Waals surface area contributed by atoms with Gasteiger partial charge in [-0.3, -0.25) is 4.79 Å². The first-order chi connectivity index (χ1) is 9.99. The van der Waals surface area contributed by atoms with Gasteiger partial charge in [-0.2, -0.15) is 0 Å². The van der Waals surface area contributed by atoms with Crippen LogP contribution in [0.1, 0.15) is 38.8 Å². The number of carboxylic acid groups (broad SMARTS) is 1. The van der Waals surface area contributed by atoms with Crippen molar-refractivity contribution < 1.29 is 19.4 Å². The highest BCUT2D eigenvalue weighted by Crippen LogP contribution is 2.26. The van der Waals surface area contributed by atoms with Crippen molar-refractivity contribution in [2.45, 2.75) is 20.5 Å². The molecule has 1 N–H and O–H groups in total. The fourth-order valence-corrected chi connectivity index (χ4v) is 2.18. The van der Waals surface area contributed by atoms with Crippen molar-refractivity contribution >= 4 is 11.8 Å². The molecule has 0 saturated heterocycles. The Kier molecular flexibility index (Phi) is 4.38. The first-order valence-corrected chi connectivity index (χ1v) is 6.54. The van der Waals surface area contributed by atoms with Crippen LogP contribution < -0.4 is 4.74 Å². The quantitative estimate of drug-likeness (QED) is 0.854. The predicted octanol–water partition coefficient (Wildman–Crippen LogP) is 3.47. The molecule has 0 fully saturated rings. The second-order valence-electron chi connectivity index (χ2n) is 4.80. The summed E-state index contributed by atoms with van der Waals surface area (Å²) in [6, 6.07) is 12.4. The third-order valence-electron chi connectivity index (χ3n) is 3.14. The second-order valence-corrected chi connectivity index (χ2v) is 4.80. The van der Waals surface area contributed by atoms with Gasteiger partial charge in [-0.05, 0) is 37.1 Å². The first kappa shape index (κ1) is 14.8. The maximum atomic E-state index is 11.8. The van der Waals surface area contributed by atoms with E-state index in [4.69, 9.17) is 9.84 Å². The number of aryl methyl sites for hydroxylation is 1. The maximum absolute atomic E-state index is 11.8. The van der Waals surface area contributed by atoms with Gasteiger partial charge < -0.3 is 9.84 Å². The van der Waals surface area contributed by atoms with Crippen LogP contribution in [0.15, 0.2) is 42.5 Å². The SMILES string of the molecule is CC(=O)c1c(C)cc(C(=O)O)cc1OCc1ccccc1. The van der Waals surface area contributed by atoms with Crippen LogP contribution in [0.2, 0.25) is 0 Å². The molecule has 0 spiro atoms. The second kappa shape index (κ2) is 6.22. The van der Waals surface area contributed by atoms with Gasteiger partial charge in [0.15, 0.2) is 5.78 Å². The summed E-state index contributed by atoms with van der Waals surface area (Å²) < 4.78 is 5.67. The molecule has 0 atom stereocenters. The molecule has 0 aliphatic rings. The van der Waals surface area contributed by atoms with Crippen LogP contribution in [-0.4, -0.2) is 16.9 Å². The summed E-state index contributed by atoms with van der Waals surface area (Å²) in [5.74, 6) is -0.881. The highest BCUT2D eigenvalue weighted by Gasteiger charge is 2.16. The Morgan fingerprint density at radius 3 is 2.38 bits per heavy atom. The van der Waals surface area contributed by atoms with E-state index in [0.29, 0.717) is 16.9 Å². The standard InChI is InChI=1S/C17H16O4/c1-11-8-14(17(19)20)9-15(16(11)12(2)18)21-10-13-6-4-3-5-7-13/h3-9H,10H2,1-2H3,(H,19,20). The molecule has 0 radical (unpaired) electrons. The molecule has 0 amide bonds. The molecular formula is C17H16O4. The van der Waals surface area contributed by atoms with E-state index in [2.05, 4.69) is 0 Å². The van der Waals surface area contributed by atoms with Gasteiger partial charge in [0.1, 0.15) is 12.4 Å². The van der Waals surface area contributed by atoms with Crippen molar-refractivity contribution in [2.75, 3.05) is 0 Å². The van der Waals surface area contributed by atoms with Crippen LogP contribution >= 0.6 is 0 Å². The summed E-state index contributed by atoms with van der Waals surface area (Å²) in [7, 11) is 0. The van der Waals surface area contributed by atoms with Crippen LogP contribution in [0.25, 0.3) is 0 Å². The van der Waals surface area contributed by atoms with E-state index in [-0.39, 0.29) is 18.0 Å². The molecule has 0 aliphatic carbocycles. The average molecular weight is 284 g/mol. The lowest BCUT2D eigenvalue weighted by molar-refractivity contribution is 0.0695. The van der Waals surface area contributed by atoms with Crippen LogP contribution in [0.5, 0.6) is 5.75 Å². The number of carbonyl (C=O) groups is 2. The Bertz CT molecular complexity index is 675. The van der Waals surface area contributed by atoms with Gasteiger partial charge in [0, 0.05) is 0 Å². The third-order valence-corrected chi connectivity index (χ3v) is 3.14. The van der Waals surface area contributed by atoms with Gasteiger partial charge in [0.2, 0.25) is 0 Å². The summed E-state index contributed by atoms with van der Waals surface area (Å²) in [6.07, 6.45) is 0. The minimum Gasteiger partial charge on any atom is -0.488 e. The number of carboxylic acids is 1. The number of benzene rings is 2. The van der Waals surface area contributed by atoms with Gasteiger partial charge in [-0.25, -0.2) is 4.79 Å². The Morgan fingerprint density at radius 2 is 1.81 bits per heavy atom. The Labute approximate surface area is 123 Å². The van der Waals surface area contributed by atoms with Crippen molar-refractivity contribution in [3.8, 4) is 5.75 Å². The average Bonchev–Trinajstić information content (AvgIpc) is 2.45. The molecule has 0 bridgehead atoms. The molecule has 21 heavy (non-hydrogen) atoms. The molecule has 0 aliphatic heterocycles. The Balaban J connectivity index is 2.35. The summed E-state index contributed by atoms with van der Waals surface area (Å²) >= 11 is 0. The van der Waals surface area contributed by atoms with Crippen molar-refractivity contribution in [3.05, 3.63) is 64.7 Å². The molecule has 108 valence electrons. The number of ketones is 1. The van der Waals surface area contributed by atoms with Gasteiger partial charge in [-0.1, -0.05) is 30.3 Å². The molecule has 0 aromatic heterocycles. The van der Waals surface area contributed by atoms with E-state index in [0.717, 1.165) is 5.56 Å². The third kappa shape index (κ3) is 3.48. The largest absolute Gasteiger partial charge is 0.488 e. The van der Waals surface area contributed by atoms with E-state index >= 15 is 0 Å². The van der Waals surface area contributed by atoms with E-state index < -0.39 is 5.97 Å². The molecule has 0 heterocycles. The molecule has 4 heteroatoms. The number of hydrogen-bond donors (Lipinski definition) is 1. The van der Waals surface area contributed by atoms with Gasteiger partial charge in [0.25, 0.3) is 0 Å². The van der Waals surface area contributed by atoms with Crippen molar-refractivity contribution in [2.24, 2.45) is 0 Å². The molecule has 2 rings (SSSR count). The van der Waals surface area contributed by atoms with E-state index in [1.165, 1.54) is 19.1 Å². The monoisotopic (exact) mass is 284 g/mol. The van der Waals surface area contributed by atoms with Gasteiger partial charge in [-0.15, -0.1) is 0 Å². The number of ether oxygens (including phenoxy) is 1. The number of Topliss-reactive ketones (excluding diaryl/α,β-unsaturated/α-hetero) is 1. The van der Waals surface area contributed by atoms with Crippen LogP contribution in [0.3, 0.4) is 0 Å². The maximum Gasteiger partial charge on any atom is 0.335 e. The van der Waals surface area contributed by atoms with Crippen LogP contribution in [0.4, 0.5) is 0 Å². The summed E-state index contributed by atoms with van der Waals surface area (Å²) in [4.78, 5) is 22.9. The molecule has 2 aromatic carbocycles. The first-order valence-electron chi connectivity index (χ1n) is 6.54. The number of aromatic carboxylic acids is 1. The fraction of sp³-hybridized carbons (Fsp3) is 0.176. The zero-order chi connectivity index (χ0) is 15.4. The summed E-state index contributed by atoms with van der Waals surface area (Å²) in [5, 5.41) is 9.11. The zero-order valence-electron chi connectivity index (χ0n) is 11.9. The summed E-state index contributed by atoms with van der Waals surface area (Å²) in [6.45, 7) is 3.43. The smallest absolute Gasteiger partial charge is 0.335 e. The van der Waals surface area contributed by atoms with E-state index in [1.807, 2.05) is 30.3 Å². The van der Waals surface area contributed by atoms with Crippen LogP contribution in [-0.2, 0) is 6.61 Å². The van der Waals surface area contributed by atoms with Gasteiger partial charge >= 0.3 is 5.97 Å². The van der Waals surface area contributed by atoms with Crippen molar-refractivity contribution in [3.63, 3.8) is 0 Å². The molecule has 0 unspecified atom stereocenters. The fourth-order valence-electron chi connectivity index (χ4n) is 2.18. The van der Waals surface area contributed by atoms with Crippen molar-refractivity contribution in [1.29, 1.82) is 0 Å². The lowest BCUT2D eigenvalue weighted by Gasteiger charge is -2.13. The minimum atomic E-state index is -1.04. The summed E-state index contributed by atoms with van der Waals surface area (Å²) in [5.41, 5.74) is 2.09. The number of rotatable bonds is 5. The molecule has 0 saturated carbocycles.